The molecular weight excluding hydrogens is 308 g/mol. The molecule has 3 heteroatoms. The van der Waals surface area contributed by atoms with Crippen molar-refractivity contribution in [2.45, 2.75) is 13.3 Å². The SMILES string of the molecule is CC(/C=C/c1ccccc1)=N\NC(=O)Cc1cccc2ccccc12. The Hall–Kier alpha value is -3.20. The second-order valence-electron chi connectivity index (χ2n) is 5.85. The van der Waals surface area contributed by atoms with Crippen molar-refractivity contribution in [3.05, 3.63) is 90.0 Å². The topological polar surface area (TPSA) is 41.5 Å². The molecule has 1 N–H and O–H groups in total. The van der Waals surface area contributed by atoms with E-state index in [1.54, 1.807) is 0 Å². The van der Waals surface area contributed by atoms with Crippen LogP contribution in [0.15, 0.2) is 84.0 Å². The smallest absolute Gasteiger partial charge is 0.244 e. The van der Waals surface area contributed by atoms with E-state index in [-0.39, 0.29) is 5.91 Å². The van der Waals surface area contributed by atoms with Crippen LogP contribution in [0.3, 0.4) is 0 Å². The standard InChI is InChI=1S/C22H20N2O/c1-17(14-15-18-8-3-2-4-9-18)23-24-22(25)16-20-12-7-11-19-10-5-6-13-21(19)20/h2-15H,16H2,1H3,(H,24,25)/b15-14+,23-17+. The first-order chi connectivity index (χ1) is 12.2. The number of nitrogens with one attached hydrogen (secondary N) is 1. The van der Waals surface area contributed by atoms with Crippen molar-refractivity contribution in [2.24, 2.45) is 5.10 Å². The van der Waals surface area contributed by atoms with Gasteiger partial charge in [-0.3, -0.25) is 4.79 Å². The Bertz CT molecular complexity index is 922. The average molecular weight is 328 g/mol. The molecule has 1 amide bonds. The number of rotatable bonds is 5. The van der Waals surface area contributed by atoms with Crippen molar-refractivity contribution >= 4 is 28.5 Å². The number of hydrogen-bond acceptors (Lipinski definition) is 2. The van der Waals surface area contributed by atoms with Crippen LogP contribution in [0.1, 0.15) is 18.1 Å². The third kappa shape index (κ3) is 4.64. The molecule has 25 heavy (non-hydrogen) atoms. The zero-order valence-electron chi connectivity index (χ0n) is 14.1. The Balaban J connectivity index is 1.63. The molecule has 0 aliphatic carbocycles. The summed E-state index contributed by atoms with van der Waals surface area (Å²) in [6.07, 6.45) is 4.16. The van der Waals surface area contributed by atoms with E-state index in [2.05, 4.69) is 10.5 Å². The fourth-order valence-corrected chi connectivity index (χ4v) is 2.63. The molecule has 3 aromatic rings. The first-order valence-corrected chi connectivity index (χ1v) is 8.25. The van der Waals surface area contributed by atoms with Gasteiger partial charge in [0.05, 0.1) is 12.1 Å². The highest BCUT2D eigenvalue weighted by Gasteiger charge is 2.06. The molecule has 0 unspecified atom stereocenters. The molecule has 3 nitrogen and oxygen atoms in total. The van der Waals surface area contributed by atoms with Crippen molar-refractivity contribution in [2.75, 3.05) is 0 Å². The lowest BCUT2D eigenvalue weighted by Gasteiger charge is -2.05. The summed E-state index contributed by atoms with van der Waals surface area (Å²) in [6, 6.07) is 24.1. The third-order valence-corrected chi connectivity index (χ3v) is 3.90. The van der Waals surface area contributed by atoms with Crippen molar-refractivity contribution in [3.63, 3.8) is 0 Å². The predicted molar refractivity (Wildman–Crippen MR) is 104 cm³/mol. The number of benzene rings is 3. The van der Waals surface area contributed by atoms with Gasteiger partial charge in [0.2, 0.25) is 5.91 Å². The van der Waals surface area contributed by atoms with Crippen LogP contribution in [0.4, 0.5) is 0 Å². The van der Waals surface area contributed by atoms with Gasteiger partial charge in [0.25, 0.3) is 0 Å². The monoisotopic (exact) mass is 328 g/mol. The van der Waals surface area contributed by atoms with Gasteiger partial charge in [-0.1, -0.05) is 78.9 Å². The first-order valence-electron chi connectivity index (χ1n) is 8.25. The molecule has 3 aromatic carbocycles. The molecule has 0 saturated heterocycles. The molecule has 0 fully saturated rings. The molecule has 124 valence electrons. The summed E-state index contributed by atoms with van der Waals surface area (Å²) in [5.74, 6) is -0.121. The quantitative estimate of drug-likeness (QED) is 0.540. The summed E-state index contributed by atoms with van der Waals surface area (Å²) in [5.41, 5.74) is 5.47. The number of carbonyl (C=O) groups is 1. The molecule has 0 bridgehead atoms. The van der Waals surface area contributed by atoms with Gasteiger partial charge in [-0.15, -0.1) is 0 Å². The lowest BCUT2D eigenvalue weighted by Crippen LogP contribution is -2.20. The van der Waals surface area contributed by atoms with E-state index >= 15 is 0 Å². The highest BCUT2D eigenvalue weighted by atomic mass is 16.2. The van der Waals surface area contributed by atoms with Gasteiger partial charge in [-0.25, -0.2) is 5.43 Å². The lowest BCUT2D eigenvalue weighted by atomic mass is 10.0. The van der Waals surface area contributed by atoms with Crippen LogP contribution >= 0.6 is 0 Å². The average Bonchev–Trinajstić information content (AvgIpc) is 2.66. The summed E-state index contributed by atoms with van der Waals surface area (Å²) in [6.45, 7) is 1.86. The summed E-state index contributed by atoms with van der Waals surface area (Å²) < 4.78 is 0. The number of allylic oxidation sites excluding steroid dienone is 1. The minimum absolute atomic E-state index is 0.121. The Kier molecular flexibility index (Phi) is 5.37. The minimum atomic E-state index is -0.121. The Morgan fingerprint density at radius 3 is 2.52 bits per heavy atom. The number of nitrogens with zero attached hydrogens (tertiary/aromatic N) is 1. The Morgan fingerprint density at radius 2 is 1.68 bits per heavy atom. The zero-order chi connectivity index (χ0) is 17.5. The molecule has 3 rings (SSSR count). The number of fused-ring (bicyclic) bond motifs is 1. The van der Waals surface area contributed by atoms with Crippen molar-refractivity contribution < 1.29 is 4.79 Å². The fourth-order valence-electron chi connectivity index (χ4n) is 2.63. The van der Waals surface area contributed by atoms with Crippen molar-refractivity contribution in [1.29, 1.82) is 0 Å². The maximum Gasteiger partial charge on any atom is 0.244 e. The lowest BCUT2D eigenvalue weighted by molar-refractivity contribution is -0.120. The van der Waals surface area contributed by atoms with Gasteiger partial charge in [-0.05, 0) is 34.9 Å². The van der Waals surface area contributed by atoms with E-state index < -0.39 is 0 Å². The summed E-state index contributed by atoms with van der Waals surface area (Å²) in [5, 5.41) is 6.38. The van der Waals surface area contributed by atoms with Crippen molar-refractivity contribution in [1.82, 2.24) is 5.43 Å². The van der Waals surface area contributed by atoms with E-state index in [0.717, 1.165) is 27.6 Å². The third-order valence-electron chi connectivity index (χ3n) is 3.90. The van der Waals surface area contributed by atoms with Crippen LogP contribution in [0.2, 0.25) is 0 Å². The second-order valence-corrected chi connectivity index (χ2v) is 5.85. The van der Waals surface area contributed by atoms with E-state index in [0.29, 0.717) is 6.42 Å². The molecule has 0 radical (unpaired) electrons. The normalized spacial score (nSPS) is 11.8. The molecule has 0 aromatic heterocycles. The second kappa shape index (κ2) is 8.06. The highest BCUT2D eigenvalue weighted by Crippen LogP contribution is 2.18. The largest absolute Gasteiger partial charge is 0.273 e. The number of hydrogen-bond donors (Lipinski definition) is 1. The van der Waals surface area contributed by atoms with Gasteiger partial charge in [0, 0.05) is 0 Å². The molecule has 0 heterocycles. The van der Waals surface area contributed by atoms with Crippen LogP contribution in [0.5, 0.6) is 0 Å². The van der Waals surface area contributed by atoms with Crippen LogP contribution in [0, 0.1) is 0 Å². The van der Waals surface area contributed by atoms with E-state index in [9.17, 15) is 4.79 Å². The van der Waals surface area contributed by atoms with Crippen LogP contribution < -0.4 is 5.43 Å². The molecule has 0 atom stereocenters. The van der Waals surface area contributed by atoms with E-state index in [4.69, 9.17) is 0 Å². The molecule has 0 spiro atoms. The van der Waals surface area contributed by atoms with E-state index in [1.807, 2.05) is 91.9 Å². The minimum Gasteiger partial charge on any atom is -0.273 e. The van der Waals surface area contributed by atoms with Crippen molar-refractivity contribution in [3.8, 4) is 0 Å². The zero-order valence-corrected chi connectivity index (χ0v) is 14.1. The number of hydrazone groups is 1. The van der Waals surface area contributed by atoms with Crippen LogP contribution in [-0.2, 0) is 11.2 Å². The molecule has 0 saturated carbocycles. The first kappa shape index (κ1) is 16.7. The van der Waals surface area contributed by atoms with Gasteiger partial charge in [0.1, 0.15) is 0 Å². The van der Waals surface area contributed by atoms with Gasteiger partial charge in [-0.2, -0.15) is 5.10 Å². The van der Waals surface area contributed by atoms with Gasteiger partial charge < -0.3 is 0 Å². The maximum absolute atomic E-state index is 12.2. The van der Waals surface area contributed by atoms with Gasteiger partial charge in [0.15, 0.2) is 0 Å². The van der Waals surface area contributed by atoms with E-state index in [1.165, 1.54) is 0 Å². The predicted octanol–water partition coefficient (Wildman–Crippen LogP) is 4.59. The number of carbonyl (C=O) groups excluding carboxylic acids is 1. The summed E-state index contributed by atoms with van der Waals surface area (Å²) >= 11 is 0. The molecule has 0 aliphatic rings. The Morgan fingerprint density at radius 1 is 0.960 bits per heavy atom. The Labute approximate surface area is 147 Å². The maximum atomic E-state index is 12.2. The van der Waals surface area contributed by atoms with Crippen LogP contribution in [0.25, 0.3) is 16.8 Å². The summed E-state index contributed by atoms with van der Waals surface area (Å²) in [7, 11) is 0. The van der Waals surface area contributed by atoms with Crippen LogP contribution in [-0.4, -0.2) is 11.6 Å². The fraction of sp³-hybridized carbons (Fsp3) is 0.0909. The summed E-state index contributed by atoms with van der Waals surface area (Å²) in [4.78, 5) is 12.2. The highest BCUT2D eigenvalue weighted by molar-refractivity contribution is 5.97. The molecule has 0 aliphatic heterocycles. The van der Waals surface area contributed by atoms with Gasteiger partial charge >= 0.3 is 0 Å². The number of amides is 1. The molecular formula is C22H20N2O.